The van der Waals surface area contributed by atoms with Crippen LogP contribution in [0.15, 0.2) is 0 Å². The standard InChI is InChI=1S/C12H23N3O4/c1-10(12(18)19)13-11(17)2-3-14-4-6-15(7-5-14)8-9-16/h10,16H,2-9H2,1H3,(H,13,17)(H,18,19). The number of hydrogen-bond acceptors (Lipinski definition) is 5. The molecular weight excluding hydrogens is 250 g/mol. The van der Waals surface area contributed by atoms with E-state index in [1.54, 1.807) is 0 Å². The van der Waals surface area contributed by atoms with Crippen molar-refractivity contribution in [3.63, 3.8) is 0 Å². The van der Waals surface area contributed by atoms with E-state index in [9.17, 15) is 9.59 Å². The molecule has 1 atom stereocenters. The number of carbonyl (C=O) groups excluding carboxylic acids is 1. The van der Waals surface area contributed by atoms with Gasteiger partial charge in [0.15, 0.2) is 0 Å². The second-order valence-electron chi connectivity index (χ2n) is 4.78. The van der Waals surface area contributed by atoms with E-state index in [1.807, 2.05) is 0 Å². The van der Waals surface area contributed by atoms with Crippen molar-refractivity contribution in [2.45, 2.75) is 19.4 Å². The van der Waals surface area contributed by atoms with Gasteiger partial charge in [0, 0.05) is 45.7 Å². The molecule has 0 radical (unpaired) electrons. The third-order valence-corrected chi connectivity index (χ3v) is 3.28. The lowest BCUT2D eigenvalue weighted by Gasteiger charge is -2.34. The Kier molecular flexibility index (Phi) is 6.75. The van der Waals surface area contributed by atoms with E-state index in [4.69, 9.17) is 10.2 Å². The van der Waals surface area contributed by atoms with Crippen molar-refractivity contribution in [1.29, 1.82) is 0 Å². The smallest absolute Gasteiger partial charge is 0.325 e. The summed E-state index contributed by atoms with van der Waals surface area (Å²) in [5.74, 6) is -1.25. The molecule has 0 spiro atoms. The first-order valence-electron chi connectivity index (χ1n) is 6.60. The van der Waals surface area contributed by atoms with Gasteiger partial charge in [0.25, 0.3) is 0 Å². The molecule has 1 aliphatic rings. The number of rotatable bonds is 7. The fraction of sp³-hybridized carbons (Fsp3) is 0.833. The van der Waals surface area contributed by atoms with E-state index in [0.717, 1.165) is 26.2 Å². The van der Waals surface area contributed by atoms with Gasteiger partial charge in [-0.05, 0) is 6.92 Å². The fourth-order valence-corrected chi connectivity index (χ4v) is 2.01. The molecule has 0 aromatic carbocycles. The van der Waals surface area contributed by atoms with E-state index in [-0.39, 0.29) is 12.5 Å². The average Bonchev–Trinajstić information content (AvgIpc) is 2.38. The lowest BCUT2D eigenvalue weighted by atomic mass is 10.2. The molecular formula is C12H23N3O4. The van der Waals surface area contributed by atoms with Crippen molar-refractivity contribution in [1.82, 2.24) is 15.1 Å². The topological polar surface area (TPSA) is 93.1 Å². The summed E-state index contributed by atoms with van der Waals surface area (Å²) in [6.07, 6.45) is 0.317. The molecule has 7 heteroatoms. The molecule has 1 amide bonds. The number of nitrogens with zero attached hydrogens (tertiary/aromatic N) is 2. The molecule has 0 saturated carbocycles. The Balaban J connectivity index is 2.16. The zero-order chi connectivity index (χ0) is 14.3. The first kappa shape index (κ1) is 15.9. The molecule has 3 N–H and O–H groups in total. The highest BCUT2D eigenvalue weighted by Crippen LogP contribution is 2.02. The number of aliphatic hydroxyl groups is 1. The number of β-amino-alcohol motifs (C(OH)–C–C–N with tert-alkyl or cyclic N) is 1. The third kappa shape index (κ3) is 6.00. The van der Waals surface area contributed by atoms with Crippen LogP contribution in [0.25, 0.3) is 0 Å². The summed E-state index contributed by atoms with van der Waals surface area (Å²) in [7, 11) is 0. The van der Waals surface area contributed by atoms with Crippen LogP contribution in [0.1, 0.15) is 13.3 Å². The highest BCUT2D eigenvalue weighted by molar-refractivity contribution is 5.83. The van der Waals surface area contributed by atoms with Gasteiger partial charge in [0.1, 0.15) is 6.04 Å². The predicted octanol–water partition coefficient (Wildman–Crippen LogP) is -1.42. The first-order valence-corrected chi connectivity index (χ1v) is 6.60. The van der Waals surface area contributed by atoms with Gasteiger partial charge in [-0.2, -0.15) is 0 Å². The summed E-state index contributed by atoms with van der Waals surface area (Å²) in [6, 6.07) is -0.839. The van der Waals surface area contributed by atoms with Crippen LogP contribution in [0.2, 0.25) is 0 Å². The maximum absolute atomic E-state index is 11.5. The number of hydrogen-bond donors (Lipinski definition) is 3. The molecule has 0 bridgehead atoms. The summed E-state index contributed by atoms with van der Waals surface area (Å²) in [4.78, 5) is 26.5. The lowest BCUT2D eigenvalue weighted by molar-refractivity contribution is -0.141. The van der Waals surface area contributed by atoms with E-state index in [0.29, 0.717) is 19.5 Å². The van der Waals surface area contributed by atoms with Gasteiger partial charge in [-0.1, -0.05) is 0 Å². The Morgan fingerprint density at radius 2 is 1.68 bits per heavy atom. The van der Waals surface area contributed by atoms with Gasteiger partial charge < -0.3 is 20.4 Å². The first-order chi connectivity index (χ1) is 9.02. The highest BCUT2D eigenvalue weighted by atomic mass is 16.4. The maximum atomic E-state index is 11.5. The number of carboxylic acid groups (broad SMARTS) is 1. The van der Waals surface area contributed by atoms with E-state index >= 15 is 0 Å². The minimum Gasteiger partial charge on any atom is -0.480 e. The lowest BCUT2D eigenvalue weighted by Crippen LogP contribution is -2.48. The summed E-state index contributed by atoms with van der Waals surface area (Å²) in [5.41, 5.74) is 0. The van der Waals surface area contributed by atoms with E-state index in [2.05, 4.69) is 15.1 Å². The fourth-order valence-electron chi connectivity index (χ4n) is 2.01. The second-order valence-corrected chi connectivity index (χ2v) is 4.78. The molecule has 19 heavy (non-hydrogen) atoms. The maximum Gasteiger partial charge on any atom is 0.325 e. The Morgan fingerprint density at radius 1 is 1.16 bits per heavy atom. The van der Waals surface area contributed by atoms with Gasteiger partial charge in [-0.25, -0.2) is 0 Å². The number of amides is 1. The van der Waals surface area contributed by atoms with Crippen LogP contribution in [0.3, 0.4) is 0 Å². The normalized spacial score (nSPS) is 19.1. The van der Waals surface area contributed by atoms with Crippen LogP contribution >= 0.6 is 0 Å². The molecule has 1 unspecified atom stereocenters. The minimum atomic E-state index is -1.02. The zero-order valence-electron chi connectivity index (χ0n) is 11.3. The SMILES string of the molecule is CC(NC(=O)CCN1CCN(CCO)CC1)C(=O)O. The summed E-state index contributed by atoms with van der Waals surface area (Å²) < 4.78 is 0. The van der Waals surface area contributed by atoms with Gasteiger partial charge in [-0.15, -0.1) is 0 Å². The molecule has 1 heterocycles. The quantitative estimate of drug-likeness (QED) is 0.527. The number of carboxylic acids is 1. The van der Waals surface area contributed by atoms with Crippen molar-refractivity contribution < 1.29 is 19.8 Å². The van der Waals surface area contributed by atoms with E-state index in [1.165, 1.54) is 6.92 Å². The Labute approximate surface area is 113 Å². The van der Waals surface area contributed by atoms with Crippen LogP contribution in [0, 0.1) is 0 Å². The van der Waals surface area contributed by atoms with Crippen LogP contribution in [0.5, 0.6) is 0 Å². The number of nitrogens with one attached hydrogen (secondary N) is 1. The largest absolute Gasteiger partial charge is 0.480 e. The van der Waals surface area contributed by atoms with Crippen molar-refractivity contribution in [3.8, 4) is 0 Å². The number of aliphatic carboxylic acids is 1. The molecule has 0 aromatic rings. The second kappa shape index (κ2) is 8.08. The third-order valence-electron chi connectivity index (χ3n) is 3.28. The van der Waals surface area contributed by atoms with Gasteiger partial charge in [0.05, 0.1) is 6.61 Å². The van der Waals surface area contributed by atoms with Crippen molar-refractivity contribution in [2.75, 3.05) is 45.9 Å². The average molecular weight is 273 g/mol. The number of carbonyl (C=O) groups is 2. The van der Waals surface area contributed by atoms with Crippen molar-refractivity contribution in [2.24, 2.45) is 0 Å². The van der Waals surface area contributed by atoms with Crippen LogP contribution in [-0.4, -0.2) is 83.8 Å². The van der Waals surface area contributed by atoms with Crippen molar-refractivity contribution >= 4 is 11.9 Å². The number of aliphatic hydroxyl groups excluding tert-OH is 1. The molecule has 0 aliphatic carbocycles. The minimum absolute atomic E-state index is 0.176. The van der Waals surface area contributed by atoms with Gasteiger partial charge >= 0.3 is 5.97 Å². The monoisotopic (exact) mass is 273 g/mol. The van der Waals surface area contributed by atoms with Crippen LogP contribution in [0.4, 0.5) is 0 Å². The summed E-state index contributed by atoms with van der Waals surface area (Å²) in [5, 5.41) is 19.9. The molecule has 1 aliphatic heterocycles. The van der Waals surface area contributed by atoms with Crippen LogP contribution in [-0.2, 0) is 9.59 Å². The summed E-state index contributed by atoms with van der Waals surface area (Å²) in [6.45, 7) is 6.52. The molecule has 1 fully saturated rings. The Bertz CT molecular complexity index is 303. The predicted molar refractivity (Wildman–Crippen MR) is 69.8 cm³/mol. The highest BCUT2D eigenvalue weighted by Gasteiger charge is 2.18. The molecule has 1 rings (SSSR count). The van der Waals surface area contributed by atoms with E-state index < -0.39 is 12.0 Å². The molecule has 7 nitrogen and oxygen atoms in total. The van der Waals surface area contributed by atoms with Gasteiger partial charge in [-0.3, -0.25) is 14.5 Å². The molecule has 0 aromatic heterocycles. The molecule has 1 saturated heterocycles. The number of piperazine rings is 1. The summed E-state index contributed by atoms with van der Waals surface area (Å²) >= 11 is 0. The van der Waals surface area contributed by atoms with Crippen LogP contribution < -0.4 is 5.32 Å². The Hall–Kier alpha value is -1.18. The van der Waals surface area contributed by atoms with Gasteiger partial charge in [0.2, 0.25) is 5.91 Å². The zero-order valence-corrected chi connectivity index (χ0v) is 11.3. The Morgan fingerprint density at radius 3 is 2.16 bits per heavy atom. The van der Waals surface area contributed by atoms with Crippen molar-refractivity contribution in [3.05, 3.63) is 0 Å². The molecule has 110 valence electrons.